The molecular formula is C21H25N3O4S. The van der Waals surface area contributed by atoms with E-state index in [1.165, 1.54) is 0 Å². The summed E-state index contributed by atoms with van der Waals surface area (Å²) in [7, 11) is -3.18. The molecule has 1 aliphatic rings. The molecule has 8 heteroatoms. The van der Waals surface area contributed by atoms with E-state index >= 15 is 0 Å². The van der Waals surface area contributed by atoms with Crippen LogP contribution in [-0.4, -0.2) is 64.1 Å². The van der Waals surface area contributed by atoms with Gasteiger partial charge in [0.05, 0.1) is 12.3 Å². The molecule has 1 fully saturated rings. The highest BCUT2D eigenvalue weighted by Gasteiger charge is 2.21. The van der Waals surface area contributed by atoms with Crippen LogP contribution in [0, 0.1) is 0 Å². The molecule has 0 saturated carbocycles. The first-order valence-corrected chi connectivity index (χ1v) is 11.5. The molecule has 154 valence electrons. The van der Waals surface area contributed by atoms with E-state index in [0.29, 0.717) is 24.2 Å². The van der Waals surface area contributed by atoms with Gasteiger partial charge >= 0.3 is 0 Å². The van der Waals surface area contributed by atoms with Crippen LogP contribution in [0.15, 0.2) is 54.6 Å². The third kappa shape index (κ3) is 6.05. The second-order valence-electron chi connectivity index (χ2n) is 7.16. The number of hydrogen-bond donors (Lipinski definition) is 1. The van der Waals surface area contributed by atoms with Crippen molar-refractivity contribution in [3.8, 4) is 0 Å². The van der Waals surface area contributed by atoms with Crippen LogP contribution in [-0.2, 0) is 20.4 Å². The number of nitrogens with zero attached hydrogens (tertiary/aromatic N) is 2. The summed E-state index contributed by atoms with van der Waals surface area (Å²) < 4.78 is 22.9. The van der Waals surface area contributed by atoms with Gasteiger partial charge in [-0.1, -0.05) is 30.3 Å². The number of piperazine rings is 1. The Balaban J connectivity index is 1.50. The lowest BCUT2D eigenvalue weighted by molar-refractivity contribution is -0.130. The smallest absolute Gasteiger partial charge is 0.251 e. The van der Waals surface area contributed by atoms with Gasteiger partial charge < -0.3 is 15.1 Å². The molecule has 1 heterocycles. The molecular weight excluding hydrogens is 390 g/mol. The Morgan fingerprint density at radius 3 is 2.31 bits per heavy atom. The largest absolute Gasteiger partial charge is 0.368 e. The maximum atomic E-state index is 12.4. The molecule has 0 bridgehead atoms. The number of nitrogens with one attached hydrogen (secondary N) is 1. The van der Waals surface area contributed by atoms with E-state index in [1.54, 1.807) is 29.2 Å². The molecule has 0 atom stereocenters. The van der Waals surface area contributed by atoms with E-state index in [4.69, 9.17) is 0 Å². The zero-order chi connectivity index (χ0) is 20.9. The number of hydrogen-bond acceptors (Lipinski definition) is 5. The van der Waals surface area contributed by atoms with Crippen molar-refractivity contribution >= 4 is 27.3 Å². The van der Waals surface area contributed by atoms with Crippen molar-refractivity contribution in [3.05, 3.63) is 65.7 Å². The summed E-state index contributed by atoms with van der Waals surface area (Å²) in [5.41, 5.74) is 2.03. The van der Waals surface area contributed by atoms with Crippen LogP contribution in [0.3, 0.4) is 0 Å². The fourth-order valence-electron chi connectivity index (χ4n) is 3.33. The Bertz CT molecular complexity index is 968. The zero-order valence-corrected chi connectivity index (χ0v) is 17.2. The van der Waals surface area contributed by atoms with Gasteiger partial charge in [0.2, 0.25) is 5.91 Å². The van der Waals surface area contributed by atoms with Gasteiger partial charge in [0.1, 0.15) is 0 Å². The van der Waals surface area contributed by atoms with Crippen LogP contribution < -0.4 is 10.2 Å². The van der Waals surface area contributed by atoms with Gasteiger partial charge in [-0.3, -0.25) is 9.59 Å². The first-order chi connectivity index (χ1) is 13.8. The summed E-state index contributed by atoms with van der Waals surface area (Å²) in [6, 6.07) is 16.5. The van der Waals surface area contributed by atoms with Crippen LogP contribution in [0.4, 0.5) is 5.69 Å². The Kier molecular flexibility index (Phi) is 6.53. The van der Waals surface area contributed by atoms with Gasteiger partial charge in [0.15, 0.2) is 9.84 Å². The SMILES string of the molecule is CS(=O)(=O)Cc1cccc(C(=O)NCC(=O)N2CCN(c3ccccc3)CC2)c1. The maximum absolute atomic E-state index is 12.4. The minimum absolute atomic E-state index is 0.0829. The van der Waals surface area contributed by atoms with Crippen molar-refractivity contribution in [2.24, 2.45) is 0 Å². The highest BCUT2D eigenvalue weighted by Crippen LogP contribution is 2.15. The van der Waals surface area contributed by atoms with E-state index in [-0.39, 0.29) is 18.2 Å². The normalized spacial score (nSPS) is 14.5. The third-order valence-corrected chi connectivity index (χ3v) is 5.63. The Morgan fingerprint density at radius 2 is 1.66 bits per heavy atom. The molecule has 0 aromatic heterocycles. The fraction of sp³-hybridized carbons (Fsp3) is 0.333. The minimum atomic E-state index is -3.18. The molecule has 1 N–H and O–H groups in total. The topological polar surface area (TPSA) is 86.8 Å². The summed E-state index contributed by atoms with van der Waals surface area (Å²) in [6.45, 7) is 2.62. The van der Waals surface area contributed by atoms with Crippen molar-refractivity contribution in [2.45, 2.75) is 5.75 Å². The number of carbonyl (C=O) groups is 2. The predicted molar refractivity (Wildman–Crippen MR) is 113 cm³/mol. The third-order valence-electron chi connectivity index (χ3n) is 4.77. The molecule has 1 aliphatic heterocycles. The number of benzene rings is 2. The summed E-state index contributed by atoms with van der Waals surface area (Å²) >= 11 is 0. The molecule has 2 aromatic rings. The van der Waals surface area contributed by atoms with Gasteiger partial charge in [-0.25, -0.2) is 8.42 Å². The lowest BCUT2D eigenvalue weighted by atomic mass is 10.1. The molecule has 2 amide bonds. The lowest BCUT2D eigenvalue weighted by Crippen LogP contribution is -2.51. The number of para-hydroxylation sites is 1. The standard InChI is InChI=1S/C21H25N3O4S/c1-29(27,28)16-17-6-5-7-18(14-17)21(26)22-15-20(25)24-12-10-23(11-13-24)19-8-3-2-4-9-19/h2-9,14H,10-13,15-16H2,1H3,(H,22,26). The van der Waals surface area contributed by atoms with Crippen molar-refractivity contribution < 1.29 is 18.0 Å². The lowest BCUT2D eigenvalue weighted by Gasteiger charge is -2.36. The van der Waals surface area contributed by atoms with E-state index in [2.05, 4.69) is 22.3 Å². The van der Waals surface area contributed by atoms with Gasteiger partial charge in [-0.2, -0.15) is 0 Å². The predicted octanol–water partition coefficient (Wildman–Crippen LogP) is 1.31. The van der Waals surface area contributed by atoms with Crippen molar-refractivity contribution in [1.82, 2.24) is 10.2 Å². The van der Waals surface area contributed by atoms with E-state index in [1.807, 2.05) is 18.2 Å². The zero-order valence-electron chi connectivity index (χ0n) is 16.4. The first kappa shape index (κ1) is 20.9. The maximum Gasteiger partial charge on any atom is 0.251 e. The van der Waals surface area contributed by atoms with E-state index in [9.17, 15) is 18.0 Å². The Morgan fingerprint density at radius 1 is 0.966 bits per heavy atom. The van der Waals surface area contributed by atoms with Crippen LogP contribution in [0.25, 0.3) is 0 Å². The van der Waals surface area contributed by atoms with Crippen LogP contribution in [0.5, 0.6) is 0 Å². The molecule has 0 radical (unpaired) electrons. The van der Waals surface area contributed by atoms with E-state index in [0.717, 1.165) is 25.0 Å². The molecule has 0 aliphatic carbocycles. The number of sulfone groups is 1. The summed E-state index contributed by atoms with van der Waals surface area (Å²) in [6.07, 6.45) is 1.15. The number of amides is 2. The highest BCUT2D eigenvalue weighted by atomic mass is 32.2. The summed E-state index contributed by atoms with van der Waals surface area (Å²) in [5, 5.41) is 2.64. The Labute approximate surface area is 171 Å². The van der Waals surface area contributed by atoms with Gasteiger partial charge in [-0.05, 0) is 29.8 Å². The van der Waals surface area contributed by atoms with Crippen molar-refractivity contribution in [2.75, 3.05) is 43.9 Å². The van der Waals surface area contributed by atoms with E-state index < -0.39 is 15.7 Å². The van der Waals surface area contributed by atoms with Crippen LogP contribution >= 0.6 is 0 Å². The number of carbonyl (C=O) groups excluding carboxylic acids is 2. The number of anilines is 1. The highest BCUT2D eigenvalue weighted by molar-refractivity contribution is 7.89. The molecule has 0 unspecified atom stereocenters. The van der Waals surface area contributed by atoms with Gasteiger partial charge in [0, 0.05) is 43.7 Å². The minimum Gasteiger partial charge on any atom is -0.368 e. The monoisotopic (exact) mass is 415 g/mol. The molecule has 2 aromatic carbocycles. The number of rotatable bonds is 6. The second-order valence-corrected chi connectivity index (χ2v) is 9.30. The summed E-state index contributed by atoms with van der Waals surface area (Å²) in [5.74, 6) is -0.645. The van der Waals surface area contributed by atoms with Crippen LogP contribution in [0.1, 0.15) is 15.9 Å². The summed E-state index contributed by atoms with van der Waals surface area (Å²) in [4.78, 5) is 28.8. The molecule has 1 saturated heterocycles. The average Bonchev–Trinajstić information content (AvgIpc) is 2.71. The van der Waals surface area contributed by atoms with Crippen molar-refractivity contribution in [3.63, 3.8) is 0 Å². The first-order valence-electron chi connectivity index (χ1n) is 9.44. The Hall–Kier alpha value is -2.87. The van der Waals surface area contributed by atoms with Crippen molar-refractivity contribution in [1.29, 1.82) is 0 Å². The molecule has 3 rings (SSSR count). The molecule has 29 heavy (non-hydrogen) atoms. The molecule has 0 spiro atoms. The van der Waals surface area contributed by atoms with Crippen LogP contribution in [0.2, 0.25) is 0 Å². The van der Waals surface area contributed by atoms with Gasteiger partial charge in [0.25, 0.3) is 5.91 Å². The fourth-order valence-corrected chi connectivity index (χ4v) is 4.11. The quantitative estimate of drug-likeness (QED) is 0.769. The molecule has 7 nitrogen and oxygen atoms in total. The van der Waals surface area contributed by atoms with Gasteiger partial charge in [-0.15, -0.1) is 0 Å². The second kappa shape index (κ2) is 9.09. The average molecular weight is 416 g/mol.